The minimum Gasteiger partial charge on any atom is -0.379 e. The van der Waals surface area contributed by atoms with E-state index in [4.69, 9.17) is 5.73 Å². The summed E-state index contributed by atoms with van der Waals surface area (Å²) in [6, 6.07) is 4.91. The highest BCUT2D eigenvalue weighted by Crippen LogP contribution is 2.27. The van der Waals surface area contributed by atoms with Crippen molar-refractivity contribution < 1.29 is 0 Å². The van der Waals surface area contributed by atoms with E-state index in [0.29, 0.717) is 12.1 Å². The van der Waals surface area contributed by atoms with Crippen LogP contribution in [0.2, 0.25) is 0 Å². The van der Waals surface area contributed by atoms with Crippen molar-refractivity contribution in [2.24, 2.45) is 5.73 Å². The number of anilines is 2. The number of nitrogens with zero attached hydrogens (tertiary/aromatic N) is 2. The van der Waals surface area contributed by atoms with Crippen molar-refractivity contribution in [3.63, 3.8) is 0 Å². The van der Waals surface area contributed by atoms with Crippen LogP contribution < -0.4 is 16.0 Å². The summed E-state index contributed by atoms with van der Waals surface area (Å²) in [6.45, 7) is 0. The van der Waals surface area contributed by atoms with Crippen molar-refractivity contribution in [2.45, 2.75) is 24.9 Å². The molecule has 1 aromatic heterocycles. The van der Waals surface area contributed by atoms with Gasteiger partial charge in [-0.2, -0.15) is 0 Å². The fourth-order valence-electron chi connectivity index (χ4n) is 1.87. The lowest BCUT2D eigenvalue weighted by atomic mass is 9.87. The van der Waals surface area contributed by atoms with Gasteiger partial charge in [0.15, 0.2) is 5.82 Å². The summed E-state index contributed by atoms with van der Waals surface area (Å²) < 4.78 is 0. The van der Waals surface area contributed by atoms with Crippen molar-refractivity contribution >= 4 is 11.5 Å². The maximum absolute atomic E-state index is 5.75. The SMILES string of the molecule is CN(C)c1ncccc1NC1CC(N)C1. The number of aromatic nitrogens is 1. The van der Waals surface area contributed by atoms with E-state index in [9.17, 15) is 0 Å². The molecule has 4 heteroatoms. The predicted molar refractivity (Wildman–Crippen MR) is 63.2 cm³/mol. The van der Waals surface area contributed by atoms with Gasteiger partial charge in [0, 0.05) is 32.4 Å². The number of hydrogen-bond acceptors (Lipinski definition) is 4. The van der Waals surface area contributed by atoms with Crippen LogP contribution in [-0.2, 0) is 0 Å². The van der Waals surface area contributed by atoms with E-state index in [1.807, 2.05) is 31.3 Å². The van der Waals surface area contributed by atoms with Crippen LogP contribution >= 0.6 is 0 Å². The number of hydrogen-bond donors (Lipinski definition) is 2. The molecule has 0 radical (unpaired) electrons. The van der Waals surface area contributed by atoms with E-state index in [2.05, 4.69) is 16.4 Å². The topological polar surface area (TPSA) is 54.2 Å². The molecule has 0 unspecified atom stereocenters. The molecule has 1 heterocycles. The van der Waals surface area contributed by atoms with Gasteiger partial charge in [0.1, 0.15) is 0 Å². The third-order valence-electron chi connectivity index (χ3n) is 2.74. The minimum absolute atomic E-state index is 0.377. The molecule has 15 heavy (non-hydrogen) atoms. The quantitative estimate of drug-likeness (QED) is 0.776. The first kappa shape index (κ1) is 10.2. The van der Waals surface area contributed by atoms with E-state index in [0.717, 1.165) is 24.3 Å². The smallest absolute Gasteiger partial charge is 0.151 e. The van der Waals surface area contributed by atoms with Crippen molar-refractivity contribution in [1.29, 1.82) is 0 Å². The van der Waals surface area contributed by atoms with Crippen LogP contribution in [0.25, 0.3) is 0 Å². The van der Waals surface area contributed by atoms with Gasteiger partial charge in [0.05, 0.1) is 5.69 Å². The summed E-state index contributed by atoms with van der Waals surface area (Å²) >= 11 is 0. The molecular formula is C11H18N4. The number of rotatable bonds is 3. The van der Waals surface area contributed by atoms with Gasteiger partial charge in [0.2, 0.25) is 0 Å². The van der Waals surface area contributed by atoms with Crippen molar-refractivity contribution in [2.75, 3.05) is 24.3 Å². The molecule has 0 amide bonds. The van der Waals surface area contributed by atoms with Crippen molar-refractivity contribution in [3.8, 4) is 0 Å². The lowest BCUT2D eigenvalue weighted by Crippen LogP contribution is -2.44. The van der Waals surface area contributed by atoms with Gasteiger partial charge < -0.3 is 16.0 Å². The first-order valence-electron chi connectivity index (χ1n) is 5.31. The van der Waals surface area contributed by atoms with E-state index in [1.54, 1.807) is 0 Å². The average molecular weight is 206 g/mol. The van der Waals surface area contributed by atoms with Gasteiger partial charge in [-0.25, -0.2) is 4.98 Å². The first-order chi connectivity index (χ1) is 7.16. The van der Waals surface area contributed by atoms with Crippen molar-refractivity contribution in [3.05, 3.63) is 18.3 Å². The molecule has 0 saturated heterocycles. The maximum Gasteiger partial charge on any atom is 0.151 e. The first-order valence-corrected chi connectivity index (χ1v) is 5.31. The second kappa shape index (κ2) is 4.06. The molecule has 0 aliphatic heterocycles. The highest BCUT2D eigenvalue weighted by atomic mass is 15.2. The van der Waals surface area contributed by atoms with E-state index in [1.165, 1.54) is 0 Å². The predicted octanol–water partition coefficient (Wildman–Crippen LogP) is 1.05. The molecule has 1 aliphatic rings. The zero-order valence-electron chi connectivity index (χ0n) is 9.27. The summed E-state index contributed by atoms with van der Waals surface area (Å²) in [4.78, 5) is 6.36. The van der Waals surface area contributed by atoms with Crippen LogP contribution in [0.5, 0.6) is 0 Å². The Bertz CT molecular complexity index is 331. The molecular weight excluding hydrogens is 188 g/mol. The van der Waals surface area contributed by atoms with Gasteiger partial charge in [-0.3, -0.25) is 0 Å². The fraction of sp³-hybridized carbons (Fsp3) is 0.545. The number of nitrogens with one attached hydrogen (secondary N) is 1. The molecule has 1 aliphatic carbocycles. The summed E-state index contributed by atoms with van der Waals surface area (Å²) in [5.74, 6) is 0.984. The molecule has 82 valence electrons. The molecule has 4 nitrogen and oxygen atoms in total. The Labute approximate surface area is 90.5 Å². The van der Waals surface area contributed by atoms with Gasteiger partial charge in [-0.05, 0) is 25.0 Å². The Hall–Kier alpha value is -1.29. The van der Waals surface area contributed by atoms with E-state index < -0.39 is 0 Å². The highest BCUT2D eigenvalue weighted by molar-refractivity contribution is 5.65. The molecule has 1 fully saturated rings. The van der Waals surface area contributed by atoms with E-state index in [-0.39, 0.29) is 0 Å². The lowest BCUT2D eigenvalue weighted by molar-refractivity contribution is 0.373. The summed E-state index contributed by atoms with van der Waals surface area (Å²) in [5.41, 5.74) is 6.85. The summed E-state index contributed by atoms with van der Waals surface area (Å²) in [7, 11) is 4.00. The van der Waals surface area contributed by atoms with Crippen LogP contribution in [-0.4, -0.2) is 31.2 Å². The normalized spacial score (nSPS) is 24.5. The minimum atomic E-state index is 0.377. The zero-order valence-corrected chi connectivity index (χ0v) is 9.27. The van der Waals surface area contributed by atoms with Crippen LogP contribution in [0.3, 0.4) is 0 Å². The van der Waals surface area contributed by atoms with Crippen LogP contribution in [0, 0.1) is 0 Å². The molecule has 0 spiro atoms. The third-order valence-corrected chi connectivity index (χ3v) is 2.74. The molecule has 0 atom stereocenters. The molecule has 0 aromatic carbocycles. The zero-order chi connectivity index (χ0) is 10.8. The standard InChI is InChI=1S/C11H18N4/c1-15(2)11-10(4-3-5-13-11)14-9-6-8(12)7-9/h3-5,8-9,14H,6-7,12H2,1-2H3. The monoisotopic (exact) mass is 206 g/mol. The Morgan fingerprint density at radius 2 is 2.20 bits per heavy atom. The third kappa shape index (κ3) is 2.21. The molecule has 3 N–H and O–H groups in total. The Kier molecular flexibility index (Phi) is 2.77. The summed E-state index contributed by atoms with van der Waals surface area (Å²) in [6.07, 6.45) is 3.93. The maximum atomic E-state index is 5.75. The van der Waals surface area contributed by atoms with Crippen LogP contribution in [0.4, 0.5) is 11.5 Å². The van der Waals surface area contributed by atoms with Crippen LogP contribution in [0.1, 0.15) is 12.8 Å². The highest BCUT2D eigenvalue weighted by Gasteiger charge is 2.26. The molecule has 2 rings (SSSR count). The van der Waals surface area contributed by atoms with E-state index >= 15 is 0 Å². The van der Waals surface area contributed by atoms with Crippen molar-refractivity contribution in [1.82, 2.24) is 4.98 Å². The van der Waals surface area contributed by atoms with Crippen LogP contribution in [0.15, 0.2) is 18.3 Å². The fourth-order valence-corrected chi connectivity index (χ4v) is 1.87. The molecule has 1 aromatic rings. The Morgan fingerprint density at radius 3 is 2.80 bits per heavy atom. The second-order valence-electron chi connectivity index (χ2n) is 4.34. The van der Waals surface area contributed by atoms with Gasteiger partial charge in [-0.1, -0.05) is 0 Å². The average Bonchev–Trinajstić information content (AvgIpc) is 2.16. The lowest BCUT2D eigenvalue weighted by Gasteiger charge is -2.34. The Morgan fingerprint density at radius 1 is 1.47 bits per heavy atom. The summed E-state index contributed by atoms with van der Waals surface area (Å²) in [5, 5.41) is 3.47. The molecule has 1 saturated carbocycles. The molecule has 0 bridgehead atoms. The largest absolute Gasteiger partial charge is 0.379 e. The number of pyridine rings is 1. The van der Waals surface area contributed by atoms with Gasteiger partial charge in [0.25, 0.3) is 0 Å². The Balaban J connectivity index is 2.07. The number of nitrogens with two attached hydrogens (primary N) is 1. The second-order valence-corrected chi connectivity index (χ2v) is 4.34. The van der Waals surface area contributed by atoms with Gasteiger partial charge >= 0.3 is 0 Å². The van der Waals surface area contributed by atoms with Gasteiger partial charge in [-0.15, -0.1) is 0 Å².